The molecule has 1 amide bonds. The minimum Gasteiger partial charge on any atom is -0.465 e. The monoisotopic (exact) mass is 367 g/mol. The average Bonchev–Trinajstić information content (AvgIpc) is 3.10. The number of aryl methyl sites for hydroxylation is 1. The van der Waals surface area contributed by atoms with Crippen molar-refractivity contribution in [2.45, 2.75) is 12.3 Å². The third-order valence-electron chi connectivity index (χ3n) is 4.64. The summed E-state index contributed by atoms with van der Waals surface area (Å²) in [5.74, 6) is -1.02. The van der Waals surface area contributed by atoms with E-state index in [2.05, 4.69) is 5.32 Å². The summed E-state index contributed by atoms with van der Waals surface area (Å²) in [6, 6.07) is 9.12. The first-order chi connectivity index (χ1) is 12.5. The molecule has 1 atom stereocenters. The van der Waals surface area contributed by atoms with Gasteiger partial charge in [-0.1, -0.05) is 18.2 Å². The van der Waals surface area contributed by atoms with Crippen LogP contribution in [0.2, 0.25) is 0 Å². The Morgan fingerprint density at radius 2 is 2.15 bits per heavy atom. The Hall–Kier alpha value is -3.31. The number of amides is 1. The van der Waals surface area contributed by atoms with E-state index < -0.39 is 17.3 Å². The van der Waals surface area contributed by atoms with Gasteiger partial charge < -0.3 is 20.5 Å². The van der Waals surface area contributed by atoms with Crippen molar-refractivity contribution in [3.05, 3.63) is 56.6 Å². The third kappa shape index (κ3) is 1.75. The number of carbonyl (C=O) groups is 2. The van der Waals surface area contributed by atoms with Crippen LogP contribution in [0.4, 0.5) is 5.69 Å². The molecule has 1 spiro atoms. The third-order valence-corrected chi connectivity index (χ3v) is 5.84. The fourth-order valence-electron chi connectivity index (χ4n) is 3.54. The number of ether oxygens (including phenoxy) is 2. The highest BCUT2D eigenvalue weighted by atomic mass is 32.1. The van der Waals surface area contributed by atoms with E-state index in [-0.39, 0.29) is 22.8 Å². The molecule has 0 unspecified atom stereocenters. The second-order valence-corrected chi connectivity index (χ2v) is 7.11. The molecule has 0 fully saturated rings. The molecule has 0 saturated carbocycles. The fraction of sp³-hybridized carbons (Fsp3) is 0.167. The summed E-state index contributed by atoms with van der Waals surface area (Å²) in [7, 11) is 1.27. The lowest BCUT2D eigenvalue weighted by Gasteiger charge is -2.31. The molecular weight excluding hydrogens is 354 g/mol. The maximum Gasteiger partial charge on any atom is 0.342 e. The number of thiophene rings is 1. The highest BCUT2D eigenvalue weighted by Gasteiger charge is 2.58. The summed E-state index contributed by atoms with van der Waals surface area (Å²) in [5, 5.41) is 12.6. The standard InChI is InChI=1S/C18H13N3O4S/c1-8-12(16(22)24-2)13-14(26-8)18(10(7-19)15(20)25-13)9-5-3-4-6-11(9)21-17(18)23/h3-6H,20H2,1-2H3,(H,21,23)/t18-/m0/s1. The van der Waals surface area contributed by atoms with Crippen molar-refractivity contribution in [3.8, 4) is 11.8 Å². The lowest BCUT2D eigenvalue weighted by atomic mass is 9.72. The molecule has 8 heteroatoms. The molecule has 0 aliphatic carbocycles. The van der Waals surface area contributed by atoms with Gasteiger partial charge in [-0.05, 0) is 13.0 Å². The van der Waals surface area contributed by atoms with Crippen molar-refractivity contribution in [2.24, 2.45) is 5.73 Å². The highest BCUT2D eigenvalue weighted by molar-refractivity contribution is 7.13. The topological polar surface area (TPSA) is 114 Å². The van der Waals surface area contributed by atoms with Gasteiger partial charge in [0.25, 0.3) is 0 Å². The highest BCUT2D eigenvalue weighted by Crippen LogP contribution is 2.57. The molecule has 26 heavy (non-hydrogen) atoms. The number of nitrogens with two attached hydrogens (primary N) is 1. The van der Waals surface area contributed by atoms with Gasteiger partial charge in [-0.3, -0.25) is 4.79 Å². The van der Waals surface area contributed by atoms with E-state index in [4.69, 9.17) is 15.2 Å². The van der Waals surface area contributed by atoms with Gasteiger partial charge >= 0.3 is 5.97 Å². The van der Waals surface area contributed by atoms with E-state index in [1.165, 1.54) is 18.4 Å². The normalized spacial score (nSPS) is 20.1. The van der Waals surface area contributed by atoms with Crippen LogP contribution < -0.4 is 15.8 Å². The van der Waals surface area contributed by atoms with E-state index in [9.17, 15) is 14.9 Å². The molecular formula is C18H13N3O4S. The van der Waals surface area contributed by atoms with Crippen LogP contribution in [0, 0.1) is 18.3 Å². The quantitative estimate of drug-likeness (QED) is 0.747. The Labute approximate surface area is 152 Å². The number of benzene rings is 1. The van der Waals surface area contributed by atoms with Crippen molar-refractivity contribution in [1.29, 1.82) is 5.26 Å². The minimum absolute atomic E-state index is 0.00474. The first-order valence-corrected chi connectivity index (χ1v) is 8.49. The number of hydrogen-bond donors (Lipinski definition) is 2. The lowest BCUT2D eigenvalue weighted by molar-refractivity contribution is -0.118. The predicted octanol–water partition coefficient (Wildman–Crippen LogP) is 2.17. The number of methoxy groups -OCH3 is 1. The Bertz CT molecular complexity index is 1060. The molecule has 2 aromatic rings. The molecule has 2 aliphatic rings. The van der Waals surface area contributed by atoms with Crippen LogP contribution >= 0.6 is 11.3 Å². The predicted molar refractivity (Wildman–Crippen MR) is 93.7 cm³/mol. The molecule has 3 N–H and O–H groups in total. The van der Waals surface area contributed by atoms with Crippen LogP contribution in [0.25, 0.3) is 0 Å². The van der Waals surface area contributed by atoms with E-state index in [1.54, 1.807) is 31.2 Å². The van der Waals surface area contributed by atoms with E-state index in [0.717, 1.165) is 0 Å². The molecule has 130 valence electrons. The van der Waals surface area contributed by atoms with Crippen LogP contribution in [0.5, 0.6) is 5.75 Å². The smallest absolute Gasteiger partial charge is 0.342 e. The molecule has 2 aliphatic heterocycles. The number of anilines is 1. The molecule has 0 saturated heterocycles. The van der Waals surface area contributed by atoms with Gasteiger partial charge in [0.15, 0.2) is 11.2 Å². The van der Waals surface area contributed by atoms with Crippen LogP contribution in [0.15, 0.2) is 35.7 Å². The molecule has 7 nitrogen and oxygen atoms in total. The first-order valence-electron chi connectivity index (χ1n) is 7.68. The van der Waals surface area contributed by atoms with E-state index in [0.29, 0.717) is 21.0 Å². The zero-order chi connectivity index (χ0) is 18.6. The molecule has 0 bridgehead atoms. The number of esters is 1. The number of hydrogen-bond acceptors (Lipinski definition) is 7. The summed E-state index contributed by atoms with van der Waals surface area (Å²) < 4.78 is 10.5. The van der Waals surface area contributed by atoms with Gasteiger partial charge in [0, 0.05) is 16.1 Å². The second-order valence-electron chi connectivity index (χ2n) is 5.89. The van der Waals surface area contributed by atoms with E-state index >= 15 is 0 Å². The Morgan fingerprint density at radius 1 is 1.42 bits per heavy atom. The van der Waals surface area contributed by atoms with Gasteiger partial charge in [-0.2, -0.15) is 5.26 Å². The Morgan fingerprint density at radius 3 is 2.85 bits per heavy atom. The summed E-state index contributed by atoms with van der Waals surface area (Å²) in [6.45, 7) is 1.73. The molecule has 4 rings (SSSR count). The van der Waals surface area contributed by atoms with Crippen molar-refractivity contribution in [3.63, 3.8) is 0 Å². The zero-order valence-corrected chi connectivity index (χ0v) is 14.7. The van der Waals surface area contributed by atoms with Gasteiger partial charge in [0.1, 0.15) is 17.2 Å². The van der Waals surface area contributed by atoms with Gasteiger partial charge in [-0.25, -0.2) is 4.79 Å². The number of para-hydroxylation sites is 1. The Kier molecular flexibility index (Phi) is 3.32. The maximum atomic E-state index is 13.1. The Balaban J connectivity index is 2.13. The maximum absolute atomic E-state index is 13.1. The number of nitrogens with zero attached hydrogens (tertiary/aromatic N) is 1. The first kappa shape index (κ1) is 16.2. The minimum atomic E-state index is -1.44. The van der Waals surface area contributed by atoms with Gasteiger partial charge in [-0.15, -0.1) is 11.3 Å². The number of carbonyl (C=O) groups excluding carboxylic acids is 2. The molecule has 0 radical (unpaired) electrons. The lowest BCUT2D eigenvalue weighted by Crippen LogP contribution is -2.41. The van der Waals surface area contributed by atoms with Crippen LogP contribution in [0.1, 0.15) is 25.7 Å². The van der Waals surface area contributed by atoms with Gasteiger partial charge in [0.2, 0.25) is 11.8 Å². The average molecular weight is 367 g/mol. The van der Waals surface area contributed by atoms with Crippen molar-refractivity contribution >= 4 is 28.9 Å². The SMILES string of the molecule is COC(=O)c1c(C)sc2c1OC(N)=C(C#N)[C@]21C(=O)Nc2ccccc21. The number of fused-ring (bicyclic) bond motifs is 4. The summed E-state index contributed by atoms with van der Waals surface area (Å²) in [4.78, 5) is 26.4. The molecule has 3 heterocycles. The molecule has 1 aromatic heterocycles. The number of nitrogens with one attached hydrogen (secondary N) is 1. The summed E-state index contributed by atoms with van der Waals surface area (Å²) in [6.07, 6.45) is 0. The van der Waals surface area contributed by atoms with Gasteiger partial charge in [0.05, 0.1) is 12.0 Å². The fourth-order valence-corrected chi connectivity index (χ4v) is 4.81. The van der Waals surface area contributed by atoms with Crippen molar-refractivity contribution < 1.29 is 19.1 Å². The summed E-state index contributed by atoms with van der Waals surface area (Å²) >= 11 is 1.22. The van der Waals surface area contributed by atoms with Crippen LogP contribution in [-0.4, -0.2) is 19.0 Å². The van der Waals surface area contributed by atoms with Crippen LogP contribution in [-0.2, 0) is 14.9 Å². The molecule has 1 aromatic carbocycles. The van der Waals surface area contributed by atoms with Crippen molar-refractivity contribution in [2.75, 3.05) is 12.4 Å². The zero-order valence-electron chi connectivity index (χ0n) is 13.9. The summed E-state index contributed by atoms with van der Waals surface area (Å²) in [5.41, 5.74) is 5.98. The number of nitriles is 1. The van der Waals surface area contributed by atoms with Crippen LogP contribution in [0.3, 0.4) is 0 Å². The number of rotatable bonds is 1. The largest absolute Gasteiger partial charge is 0.465 e. The second kappa shape index (κ2) is 5.34. The van der Waals surface area contributed by atoms with E-state index in [1.807, 2.05) is 6.07 Å². The van der Waals surface area contributed by atoms with Crippen molar-refractivity contribution in [1.82, 2.24) is 0 Å².